The Morgan fingerprint density at radius 2 is 2.15 bits per heavy atom. The Morgan fingerprint density at radius 3 is 2.80 bits per heavy atom. The topological polar surface area (TPSA) is 38.8 Å². The molecule has 110 valence electrons. The van der Waals surface area contributed by atoms with Crippen LogP contribution in [0.4, 0.5) is 0 Å². The standard InChI is InChI=1S/C15H20ClNO3/c1-19-14-4-2-3-12(11-14)15(18)17-8-5-13(6-9-17)20-10-7-16/h2-4,11,13H,5-10H2,1H3. The number of amides is 1. The average Bonchev–Trinajstić information content (AvgIpc) is 2.52. The number of nitrogens with zero attached hydrogens (tertiary/aromatic N) is 1. The molecular weight excluding hydrogens is 278 g/mol. The molecule has 0 unspecified atom stereocenters. The van der Waals surface area contributed by atoms with Crippen LogP contribution in [0.5, 0.6) is 5.75 Å². The normalized spacial score (nSPS) is 16.2. The summed E-state index contributed by atoms with van der Waals surface area (Å²) in [6.45, 7) is 2.03. The molecule has 0 bridgehead atoms. The maximum atomic E-state index is 12.4. The lowest BCUT2D eigenvalue weighted by Gasteiger charge is -2.32. The molecule has 1 aromatic rings. The Bertz CT molecular complexity index is 444. The minimum Gasteiger partial charge on any atom is -0.497 e. The van der Waals surface area contributed by atoms with Crippen LogP contribution in [0.1, 0.15) is 23.2 Å². The van der Waals surface area contributed by atoms with Crippen LogP contribution < -0.4 is 4.74 Å². The zero-order valence-electron chi connectivity index (χ0n) is 11.7. The zero-order chi connectivity index (χ0) is 14.4. The first-order chi connectivity index (χ1) is 9.74. The summed E-state index contributed by atoms with van der Waals surface area (Å²) in [5.41, 5.74) is 0.671. The Morgan fingerprint density at radius 1 is 1.40 bits per heavy atom. The van der Waals surface area contributed by atoms with E-state index in [1.165, 1.54) is 0 Å². The van der Waals surface area contributed by atoms with Crippen LogP contribution in [-0.4, -0.2) is 49.6 Å². The molecule has 0 spiro atoms. The van der Waals surface area contributed by atoms with Crippen molar-refractivity contribution in [2.75, 3.05) is 32.7 Å². The van der Waals surface area contributed by atoms with Crippen molar-refractivity contribution >= 4 is 17.5 Å². The second-order valence-corrected chi connectivity index (χ2v) is 5.16. The molecule has 1 aliphatic rings. The van der Waals surface area contributed by atoms with Gasteiger partial charge < -0.3 is 14.4 Å². The highest BCUT2D eigenvalue weighted by molar-refractivity contribution is 6.17. The molecule has 4 nitrogen and oxygen atoms in total. The fourth-order valence-corrected chi connectivity index (χ4v) is 2.46. The number of carbonyl (C=O) groups is 1. The summed E-state index contributed by atoms with van der Waals surface area (Å²) in [6.07, 6.45) is 1.96. The van der Waals surface area contributed by atoms with Gasteiger partial charge in [-0.3, -0.25) is 4.79 Å². The van der Waals surface area contributed by atoms with Gasteiger partial charge in [0.25, 0.3) is 5.91 Å². The van der Waals surface area contributed by atoms with Crippen molar-refractivity contribution in [2.24, 2.45) is 0 Å². The fourth-order valence-electron chi connectivity index (χ4n) is 2.38. The van der Waals surface area contributed by atoms with E-state index in [0.717, 1.165) is 25.9 Å². The molecule has 0 aromatic heterocycles. The Hall–Kier alpha value is -1.26. The van der Waals surface area contributed by atoms with E-state index in [4.69, 9.17) is 21.1 Å². The van der Waals surface area contributed by atoms with Crippen molar-refractivity contribution in [3.05, 3.63) is 29.8 Å². The van der Waals surface area contributed by atoms with E-state index in [0.29, 0.717) is 23.8 Å². The molecule has 1 amide bonds. The van der Waals surface area contributed by atoms with E-state index in [2.05, 4.69) is 0 Å². The van der Waals surface area contributed by atoms with E-state index >= 15 is 0 Å². The highest BCUT2D eigenvalue weighted by Crippen LogP contribution is 2.19. The SMILES string of the molecule is COc1cccc(C(=O)N2CCC(OCCCl)CC2)c1. The predicted molar refractivity (Wildman–Crippen MR) is 78.6 cm³/mol. The average molecular weight is 298 g/mol. The maximum absolute atomic E-state index is 12.4. The molecule has 20 heavy (non-hydrogen) atoms. The molecule has 1 heterocycles. The number of piperidine rings is 1. The van der Waals surface area contributed by atoms with Gasteiger partial charge in [-0.15, -0.1) is 11.6 Å². The summed E-state index contributed by atoms with van der Waals surface area (Å²) in [6, 6.07) is 7.27. The van der Waals surface area contributed by atoms with E-state index in [1.807, 2.05) is 23.1 Å². The molecule has 0 N–H and O–H groups in total. The molecule has 1 aliphatic heterocycles. The van der Waals surface area contributed by atoms with E-state index in [9.17, 15) is 4.79 Å². The summed E-state index contributed by atoms with van der Waals surface area (Å²) in [7, 11) is 1.60. The van der Waals surface area contributed by atoms with Gasteiger partial charge >= 0.3 is 0 Å². The molecule has 2 rings (SSSR count). The van der Waals surface area contributed by atoms with Gasteiger partial charge in [0.1, 0.15) is 5.75 Å². The molecule has 1 aromatic carbocycles. The zero-order valence-corrected chi connectivity index (χ0v) is 12.4. The summed E-state index contributed by atoms with van der Waals surface area (Å²) in [5, 5.41) is 0. The smallest absolute Gasteiger partial charge is 0.253 e. The lowest BCUT2D eigenvalue weighted by molar-refractivity contribution is 0.0154. The molecule has 0 atom stereocenters. The van der Waals surface area contributed by atoms with Crippen LogP contribution in [0.3, 0.4) is 0 Å². The van der Waals surface area contributed by atoms with Gasteiger partial charge in [0.05, 0.1) is 19.8 Å². The van der Waals surface area contributed by atoms with Gasteiger partial charge in [-0.25, -0.2) is 0 Å². The van der Waals surface area contributed by atoms with Crippen LogP contribution in [0, 0.1) is 0 Å². The molecule has 1 saturated heterocycles. The monoisotopic (exact) mass is 297 g/mol. The lowest BCUT2D eigenvalue weighted by Crippen LogP contribution is -2.41. The second kappa shape index (κ2) is 7.50. The third kappa shape index (κ3) is 3.87. The number of benzene rings is 1. The van der Waals surface area contributed by atoms with Gasteiger partial charge in [-0.1, -0.05) is 6.07 Å². The summed E-state index contributed by atoms with van der Waals surface area (Å²) < 4.78 is 10.8. The van der Waals surface area contributed by atoms with Crippen molar-refractivity contribution in [3.8, 4) is 5.75 Å². The number of carbonyl (C=O) groups excluding carboxylic acids is 1. The van der Waals surface area contributed by atoms with Crippen molar-refractivity contribution in [1.29, 1.82) is 0 Å². The van der Waals surface area contributed by atoms with Crippen LogP contribution in [0.25, 0.3) is 0 Å². The van der Waals surface area contributed by atoms with Gasteiger partial charge in [0, 0.05) is 24.5 Å². The summed E-state index contributed by atoms with van der Waals surface area (Å²) in [5.74, 6) is 1.28. The number of alkyl halides is 1. The van der Waals surface area contributed by atoms with Crippen LogP contribution in [0.15, 0.2) is 24.3 Å². The fraction of sp³-hybridized carbons (Fsp3) is 0.533. The van der Waals surface area contributed by atoms with Gasteiger partial charge in [0.15, 0.2) is 0 Å². The summed E-state index contributed by atoms with van der Waals surface area (Å²) >= 11 is 5.61. The molecule has 5 heteroatoms. The third-order valence-corrected chi connectivity index (χ3v) is 3.63. The molecule has 0 aliphatic carbocycles. The van der Waals surface area contributed by atoms with Gasteiger partial charge in [-0.05, 0) is 31.0 Å². The lowest BCUT2D eigenvalue weighted by atomic mass is 10.1. The number of halogens is 1. The summed E-state index contributed by atoms with van der Waals surface area (Å²) in [4.78, 5) is 14.3. The number of hydrogen-bond acceptors (Lipinski definition) is 3. The molecular formula is C15H20ClNO3. The van der Waals surface area contributed by atoms with Gasteiger partial charge in [-0.2, -0.15) is 0 Å². The molecule has 0 saturated carbocycles. The van der Waals surface area contributed by atoms with Crippen LogP contribution in [0.2, 0.25) is 0 Å². The van der Waals surface area contributed by atoms with Crippen molar-refractivity contribution < 1.29 is 14.3 Å². The van der Waals surface area contributed by atoms with Crippen molar-refractivity contribution in [3.63, 3.8) is 0 Å². The number of methoxy groups -OCH3 is 1. The predicted octanol–water partition coefficient (Wildman–Crippen LogP) is 2.56. The highest BCUT2D eigenvalue weighted by atomic mass is 35.5. The third-order valence-electron chi connectivity index (χ3n) is 3.48. The second-order valence-electron chi connectivity index (χ2n) is 4.78. The number of ether oxygens (including phenoxy) is 2. The first-order valence-corrected chi connectivity index (χ1v) is 7.39. The van der Waals surface area contributed by atoms with Crippen molar-refractivity contribution in [1.82, 2.24) is 4.90 Å². The highest BCUT2D eigenvalue weighted by Gasteiger charge is 2.24. The number of hydrogen-bond donors (Lipinski definition) is 0. The van der Waals surface area contributed by atoms with E-state index in [-0.39, 0.29) is 12.0 Å². The maximum Gasteiger partial charge on any atom is 0.253 e. The first kappa shape index (κ1) is 15.1. The Kier molecular flexibility index (Phi) is 5.68. The number of likely N-dealkylation sites (tertiary alicyclic amines) is 1. The van der Waals surface area contributed by atoms with Crippen molar-refractivity contribution in [2.45, 2.75) is 18.9 Å². The van der Waals surface area contributed by atoms with Crippen LogP contribution >= 0.6 is 11.6 Å². The van der Waals surface area contributed by atoms with E-state index < -0.39 is 0 Å². The van der Waals surface area contributed by atoms with Crippen LogP contribution in [-0.2, 0) is 4.74 Å². The quantitative estimate of drug-likeness (QED) is 0.784. The minimum atomic E-state index is 0.0553. The minimum absolute atomic E-state index is 0.0553. The molecule has 1 fully saturated rings. The molecule has 0 radical (unpaired) electrons. The Labute approximate surface area is 124 Å². The van der Waals surface area contributed by atoms with Gasteiger partial charge in [0.2, 0.25) is 0 Å². The number of rotatable bonds is 5. The first-order valence-electron chi connectivity index (χ1n) is 6.85. The van der Waals surface area contributed by atoms with E-state index in [1.54, 1.807) is 13.2 Å². The Balaban J connectivity index is 1.91. The largest absolute Gasteiger partial charge is 0.497 e.